The Morgan fingerprint density at radius 1 is 1.37 bits per heavy atom. The van der Waals surface area contributed by atoms with Gasteiger partial charge in [0.25, 0.3) is 5.91 Å². The Balaban J connectivity index is 2.12. The number of para-hydroxylation sites is 1. The van der Waals surface area contributed by atoms with E-state index in [1.54, 1.807) is 11.8 Å². The fourth-order valence-electron chi connectivity index (χ4n) is 2.21. The third-order valence-corrected chi connectivity index (χ3v) is 3.92. The van der Waals surface area contributed by atoms with Gasteiger partial charge in [-0.05, 0) is 24.8 Å². The molecule has 1 N–H and O–H groups in total. The van der Waals surface area contributed by atoms with E-state index in [-0.39, 0.29) is 18.2 Å². The first-order valence-electron chi connectivity index (χ1n) is 6.41. The minimum absolute atomic E-state index is 0.0778. The average Bonchev–Trinajstić information content (AvgIpc) is 2.67. The van der Waals surface area contributed by atoms with Gasteiger partial charge in [0.1, 0.15) is 6.04 Å². The van der Waals surface area contributed by atoms with E-state index in [1.807, 2.05) is 37.4 Å². The van der Waals surface area contributed by atoms with Crippen LogP contribution in [0.5, 0.6) is 0 Å². The number of anilines is 1. The van der Waals surface area contributed by atoms with Crippen molar-refractivity contribution >= 4 is 29.3 Å². The number of hydrogen-bond donors (Lipinski definition) is 1. The largest absolute Gasteiger partial charge is 0.372 e. The Bertz CT molecular complexity index is 490. The second-order valence-electron chi connectivity index (χ2n) is 4.48. The van der Waals surface area contributed by atoms with Crippen LogP contribution in [0.4, 0.5) is 5.69 Å². The van der Waals surface area contributed by atoms with Crippen LogP contribution in [0.15, 0.2) is 29.2 Å². The Morgan fingerprint density at radius 3 is 2.79 bits per heavy atom. The lowest BCUT2D eigenvalue weighted by molar-refractivity contribution is -0.138. The summed E-state index contributed by atoms with van der Waals surface area (Å²) in [5.41, 5.74) is 0.916. The molecule has 1 fully saturated rings. The Morgan fingerprint density at radius 2 is 2.11 bits per heavy atom. The summed E-state index contributed by atoms with van der Waals surface area (Å²) in [7, 11) is 0. The monoisotopic (exact) mass is 278 g/mol. The van der Waals surface area contributed by atoms with Crippen molar-refractivity contribution in [1.29, 1.82) is 0 Å². The second-order valence-corrected chi connectivity index (χ2v) is 5.33. The predicted octanol–water partition coefficient (Wildman–Crippen LogP) is 2.36. The molecule has 1 aliphatic heterocycles. The third-order valence-electron chi connectivity index (χ3n) is 3.13. The van der Waals surface area contributed by atoms with Crippen molar-refractivity contribution in [1.82, 2.24) is 4.90 Å². The van der Waals surface area contributed by atoms with Gasteiger partial charge in [-0.3, -0.25) is 14.5 Å². The van der Waals surface area contributed by atoms with Crippen molar-refractivity contribution < 1.29 is 9.59 Å². The molecule has 5 heteroatoms. The summed E-state index contributed by atoms with van der Waals surface area (Å²) in [5.74, 6) is -0.186. The lowest BCUT2D eigenvalue weighted by Gasteiger charge is -2.16. The molecule has 2 amide bonds. The quantitative estimate of drug-likeness (QED) is 0.663. The average molecular weight is 278 g/mol. The molecule has 1 aliphatic rings. The first-order chi connectivity index (χ1) is 9.17. The Labute approximate surface area is 117 Å². The van der Waals surface area contributed by atoms with Gasteiger partial charge in [-0.1, -0.05) is 19.1 Å². The van der Waals surface area contributed by atoms with E-state index in [0.29, 0.717) is 6.54 Å². The number of benzene rings is 1. The molecule has 1 unspecified atom stereocenters. The van der Waals surface area contributed by atoms with Crippen molar-refractivity contribution in [2.45, 2.75) is 30.7 Å². The van der Waals surface area contributed by atoms with Crippen LogP contribution in [0.3, 0.4) is 0 Å². The van der Waals surface area contributed by atoms with Gasteiger partial charge in [-0.25, -0.2) is 0 Å². The van der Waals surface area contributed by atoms with Gasteiger partial charge < -0.3 is 5.32 Å². The Kier molecular flexibility index (Phi) is 4.47. The second kappa shape index (κ2) is 6.10. The van der Waals surface area contributed by atoms with Crippen LogP contribution in [-0.2, 0) is 9.59 Å². The lowest BCUT2D eigenvalue weighted by Crippen LogP contribution is -2.35. The molecule has 19 heavy (non-hydrogen) atoms. The molecular formula is C14H18N2O2S. The number of nitrogens with zero attached hydrogens (tertiary/aromatic N) is 1. The van der Waals surface area contributed by atoms with Crippen molar-refractivity contribution in [3.05, 3.63) is 24.3 Å². The van der Waals surface area contributed by atoms with Crippen molar-refractivity contribution in [2.24, 2.45) is 0 Å². The molecule has 102 valence electrons. The number of likely N-dealkylation sites (tertiary alicyclic amines) is 1. The molecule has 1 atom stereocenters. The third kappa shape index (κ3) is 2.92. The van der Waals surface area contributed by atoms with Gasteiger partial charge in [-0.15, -0.1) is 11.8 Å². The van der Waals surface area contributed by atoms with Crippen molar-refractivity contribution in [2.75, 3.05) is 18.1 Å². The predicted molar refractivity (Wildman–Crippen MR) is 77.3 cm³/mol. The molecule has 2 rings (SSSR count). The van der Waals surface area contributed by atoms with E-state index in [0.717, 1.165) is 17.0 Å². The first kappa shape index (κ1) is 13.9. The maximum atomic E-state index is 12.1. The van der Waals surface area contributed by atoms with Crippen LogP contribution in [0.2, 0.25) is 0 Å². The van der Waals surface area contributed by atoms with Gasteiger partial charge >= 0.3 is 0 Å². The van der Waals surface area contributed by atoms with E-state index in [4.69, 9.17) is 0 Å². The highest BCUT2D eigenvalue weighted by molar-refractivity contribution is 7.98. The van der Waals surface area contributed by atoms with Crippen LogP contribution >= 0.6 is 11.8 Å². The normalized spacial score (nSPS) is 19.1. The summed E-state index contributed by atoms with van der Waals surface area (Å²) in [6.07, 6.45) is 3.04. The summed E-state index contributed by atoms with van der Waals surface area (Å²) in [5, 5.41) is 3.20. The molecule has 0 aliphatic carbocycles. The molecule has 1 aromatic rings. The van der Waals surface area contributed by atoms with Crippen LogP contribution in [-0.4, -0.2) is 35.6 Å². The van der Waals surface area contributed by atoms with Crippen molar-refractivity contribution in [3.8, 4) is 0 Å². The maximum Gasteiger partial charge on any atom is 0.252 e. The Hall–Kier alpha value is -1.49. The topological polar surface area (TPSA) is 49.4 Å². The van der Waals surface area contributed by atoms with E-state index in [1.165, 1.54) is 4.90 Å². The molecule has 1 aromatic carbocycles. The van der Waals surface area contributed by atoms with Crippen LogP contribution in [0, 0.1) is 0 Å². The minimum atomic E-state index is -0.424. The summed E-state index contributed by atoms with van der Waals surface area (Å²) in [6, 6.07) is 7.39. The summed E-state index contributed by atoms with van der Waals surface area (Å²) in [4.78, 5) is 26.4. The fourth-order valence-corrected chi connectivity index (χ4v) is 2.77. The number of thioether (sulfide) groups is 1. The highest BCUT2D eigenvalue weighted by Gasteiger charge is 2.37. The fraction of sp³-hybridized carbons (Fsp3) is 0.429. The number of carbonyl (C=O) groups excluding carboxylic acids is 2. The highest BCUT2D eigenvalue weighted by atomic mass is 32.2. The SMILES string of the molecule is CCCN1C(=O)CC(Nc2ccccc2SC)C1=O. The summed E-state index contributed by atoms with van der Waals surface area (Å²) < 4.78 is 0. The molecule has 0 spiro atoms. The van der Waals surface area contributed by atoms with Gasteiger partial charge in [0.05, 0.1) is 6.42 Å². The first-order valence-corrected chi connectivity index (χ1v) is 7.63. The standard InChI is InChI=1S/C14H18N2O2S/c1-3-8-16-13(17)9-11(14(16)18)15-10-6-4-5-7-12(10)19-2/h4-7,11,15H,3,8-9H2,1-2H3. The highest BCUT2D eigenvalue weighted by Crippen LogP contribution is 2.27. The molecular weight excluding hydrogens is 260 g/mol. The van der Waals surface area contributed by atoms with E-state index >= 15 is 0 Å². The molecule has 1 saturated heterocycles. The number of nitrogens with one attached hydrogen (secondary N) is 1. The molecule has 0 bridgehead atoms. The molecule has 1 heterocycles. The zero-order valence-electron chi connectivity index (χ0n) is 11.2. The number of imide groups is 1. The molecule has 0 aromatic heterocycles. The molecule has 0 saturated carbocycles. The summed E-state index contributed by atoms with van der Waals surface area (Å²) in [6.45, 7) is 2.48. The summed E-state index contributed by atoms with van der Waals surface area (Å²) >= 11 is 1.62. The van der Waals surface area contributed by atoms with Crippen LogP contribution in [0.25, 0.3) is 0 Å². The molecule has 4 nitrogen and oxygen atoms in total. The number of carbonyl (C=O) groups is 2. The van der Waals surface area contributed by atoms with Gasteiger partial charge in [0, 0.05) is 17.1 Å². The van der Waals surface area contributed by atoms with Gasteiger partial charge in [-0.2, -0.15) is 0 Å². The minimum Gasteiger partial charge on any atom is -0.372 e. The van der Waals surface area contributed by atoms with Crippen LogP contribution < -0.4 is 5.32 Å². The smallest absolute Gasteiger partial charge is 0.252 e. The zero-order valence-corrected chi connectivity index (χ0v) is 12.0. The number of rotatable bonds is 5. The maximum absolute atomic E-state index is 12.1. The lowest BCUT2D eigenvalue weighted by atomic mass is 10.2. The van der Waals surface area contributed by atoms with Gasteiger partial charge in [0.2, 0.25) is 5.91 Å². The van der Waals surface area contributed by atoms with Crippen molar-refractivity contribution in [3.63, 3.8) is 0 Å². The van der Waals surface area contributed by atoms with E-state index in [2.05, 4.69) is 5.32 Å². The molecule has 0 radical (unpaired) electrons. The van der Waals surface area contributed by atoms with Gasteiger partial charge in [0.15, 0.2) is 0 Å². The van der Waals surface area contributed by atoms with E-state index in [9.17, 15) is 9.59 Å². The van der Waals surface area contributed by atoms with E-state index < -0.39 is 6.04 Å². The van der Waals surface area contributed by atoms with Crippen LogP contribution in [0.1, 0.15) is 19.8 Å². The number of amides is 2. The number of hydrogen-bond acceptors (Lipinski definition) is 4. The zero-order chi connectivity index (χ0) is 13.8.